The van der Waals surface area contributed by atoms with Crippen LogP contribution in [0.2, 0.25) is 5.02 Å². The van der Waals surface area contributed by atoms with E-state index in [0.717, 1.165) is 33.8 Å². The molecular formula is C27H26ClN5O2. The van der Waals surface area contributed by atoms with Crippen molar-refractivity contribution in [3.05, 3.63) is 88.3 Å². The molecule has 178 valence electrons. The Morgan fingerprint density at radius 2 is 1.86 bits per heavy atom. The van der Waals surface area contributed by atoms with Gasteiger partial charge in [0.25, 0.3) is 5.91 Å². The van der Waals surface area contributed by atoms with Crippen molar-refractivity contribution < 1.29 is 9.53 Å². The minimum Gasteiger partial charge on any atom is -0.482 e. The third-order valence-corrected chi connectivity index (χ3v) is 7.35. The molecule has 2 aliphatic heterocycles. The van der Waals surface area contributed by atoms with Crippen molar-refractivity contribution in [2.24, 2.45) is 7.05 Å². The van der Waals surface area contributed by atoms with Gasteiger partial charge < -0.3 is 9.64 Å². The van der Waals surface area contributed by atoms with E-state index in [1.807, 2.05) is 78.3 Å². The van der Waals surface area contributed by atoms with Crippen molar-refractivity contribution in [1.29, 1.82) is 0 Å². The van der Waals surface area contributed by atoms with Gasteiger partial charge in [0, 0.05) is 49.1 Å². The van der Waals surface area contributed by atoms with Gasteiger partial charge in [-0.15, -0.1) is 0 Å². The van der Waals surface area contributed by atoms with Crippen LogP contribution in [0.25, 0.3) is 11.3 Å². The zero-order chi connectivity index (χ0) is 24.2. The van der Waals surface area contributed by atoms with Gasteiger partial charge in [-0.05, 0) is 42.8 Å². The first-order valence-corrected chi connectivity index (χ1v) is 12.2. The Kier molecular flexibility index (Phi) is 5.18. The molecule has 6 rings (SSSR count). The first-order chi connectivity index (χ1) is 16.9. The van der Waals surface area contributed by atoms with Gasteiger partial charge in [0.2, 0.25) is 0 Å². The number of hydrogen-bond donors (Lipinski definition) is 0. The average Bonchev–Trinajstić information content (AvgIpc) is 3.44. The Balaban J connectivity index is 1.24. The van der Waals surface area contributed by atoms with Crippen molar-refractivity contribution >= 4 is 17.5 Å². The summed E-state index contributed by atoms with van der Waals surface area (Å²) in [5, 5.41) is 9.82. The molecule has 1 fully saturated rings. The molecule has 1 saturated heterocycles. The quantitative estimate of drug-likeness (QED) is 0.415. The molecule has 2 aromatic carbocycles. The maximum Gasteiger partial charge on any atom is 0.272 e. The second-order valence-corrected chi connectivity index (χ2v) is 9.81. The molecular weight excluding hydrogens is 462 g/mol. The van der Waals surface area contributed by atoms with Gasteiger partial charge in [0.15, 0.2) is 0 Å². The first kappa shape index (κ1) is 21.9. The Hall–Kier alpha value is -3.58. The van der Waals surface area contributed by atoms with Crippen molar-refractivity contribution in [2.45, 2.75) is 31.9 Å². The van der Waals surface area contributed by atoms with E-state index < -0.39 is 5.60 Å². The summed E-state index contributed by atoms with van der Waals surface area (Å²) in [4.78, 5) is 15.5. The normalized spacial score (nSPS) is 16.0. The van der Waals surface area contributed by atoms with E-state index in [0.29, 0.717) is 43.2 Å². The van der Waals surface area contributed by atoms with Crippen LogP contribution in [0.5, 0.6) is 5.75 Å². The largest absolute Gasteiger partial charge is 0.482 e. The Morgan fingerprint density at radius 1 is 1.11 bits per heavy atom. The summed E-state index contributed by atoms with van der Waals surface area (Å²) in [7, 11) is 1.97. The zero-order valence-corrected chi connectivity index (χ0v) is 20.5. The van der Waals surface area contributed by atoms with Gasteiger partial charge in [-0.3, -0.25) is 14.2 Å². The van der Waals surface area contributed by atoms with Gasteiger partial charge in [0.05, 0.1) is 24.1 Å². The second kappa shape index (κ2) is 8.27. The summed E-state index contributed by atoms with van der Waals surface area (Å²) >= 11 is 6.03. The Labute approximate surface area is 208 Å². The molecule has 0 aliphatic carbocycles. The third kappa shape index (κ3) is 3.71. The standard InChI is InChI=1S/C27H26ClN5O2/c1-18-15-23(33(30-18)17-19-7-9-20(28)10-8-19)26(34)32-13-11-27(12-14-32)22-16-29-31(2)25(22)21-5-3-4-6-24(21)35-27/h3-10,15-16H,11-14,17H2,1-2H3. The monoisotopic (exact) mass is 487 g/mol. The summed E-state index contributed by atoms with van der Waals surface area (Å²) in [5.74, 6) is 0.872. The number of piperidine rings is 1. The number of carbonyl (C=O) groups is 1. The van der Waals surface area contributed by atoms with Crippen LogP contribution in [0.15, 0.2) is 60.8 Å². The summed E-state index contributed by atoms with van der Waals surface area (Å²) in [6.45, 7) is 3.63. The molecule has 8 heteroatoms. The smallest absolute Gasteiger partial charge is 0.272 e. The molecule has 0 atom stereocenters. The molecule has 0 saturated carbocycles. The van der Waals surface area contributed by atoms with E-state index in [1.165, 1.54) is 0 Å². The van der Waals surface area contributed by atoms with Crippen LogP contribution in [-0.4, -0.2) is 43.5 Å². The van der Waals surface area contributed by atoms with E-state index >= 15 is 0 Å². The van der Waals surface area contributed by atoms with Crippen LogP contribution in [0.3, 0.4) is 0 Å². The molecule has 0 bridgehead atoms. The molecule has 4 aromatic rings. The van der Waals surface area contributed by atoms with Crippen LogP contribution in [0, 0.1) is 6.92 Å². The number of amides is 1. The van der Waals surface area contributed by atoms with Gasteiger partial charge in [-0.1, -0.05) is 35.9 Å². The number of benzene rings is 2. The summed E-state index contributed by atoms with van der Waals surface area (Å²) < 4.78 is 10.3. The lowest BCUT2D eigenvalue weighted by atomic mass is 9.81. The SMILES string of the molecule is Cc1cc(C(=O)N2CCC3(CC2)Oc2ccccc2-c2c3cnn2C)n(Cc2ccc(Cl)cc2)n1. The predicted octanol–water partition coefficient (Wildman–Crippen LogP) is 4.82. The summed E-state index contributed by atoms with van der Waals surface area (Å²) in [6.07, 6.45) is 3.33. The molecule has 1 amide bonds. The number of nitrogens with zero attached hydrogens (tertiary/aromatic N) is 5. The molecule has 4 heterocycles. The van der Waals surface area contributed by atoms with Gasteiger partial charge in [-0.25, -0.2) is 0 Å². The number of para-hydroxylation sites is 1. The van der Waals surface area contributed by atoms with Crippen LogP contribution in [-0.2, 0) is 19.2 Å². The van der Waals surface area contributed by atoms with E-state index in [2.05, 4.69) is 16.3 Å². The summed E-state index contributed by atoms with van der Waals surface area (Å²) in [6, 6.07) is 17.6. The number of aromatic nitrogens is 4. The van der Waals surface area contributed by atoms with Crippen molar-refractivity contribution in [1.82, 2.24) is 24.5 Å². The number of hydrogen-bond acceptors (Lipinski definition) is 4. The third-order valence-electron chi connectivity index (χ3n) is 7.10. The molecule has 0 unspecified atom stereocenters. The molecule has 2 aromatic heterocycles. The van der Waals surface area contributed by atoms with Crippen molar-refractivity contribution in [3.8, 4) is 17.0 Å². The highest BCUT2D eigenvalue weighted by molar-refractivity contribution is 6.30. The van der Waals surface area contributed by atoms with Crippen LogP contribution in [0.4, 0.5) is 0 Å². The highest BCUT2D eigenvalue weighted by Gasteiger charge is 2.46. The Morgan fingerprint density at radius 3 is 2.63 bits per heavy atom. The lowest BCUT2D eigenvalue weighted by Gasteiger charge is -2.44. The minimum atomic E-state index is -0.478. The number of halogens is 1. The van der Waals surface area contributed by atoms with Crippen molar-refractivity contribution in [3.63, 3.8) is 0 Å². The fourth-order valence-electron chi connectivity index (χ4n) is 5.31. The molecule has 2 aliphatic rings. The Bertz CT molecular complexity index is 1410. The van der Waals surface area contributed by atoms with E-state index in [-0.39, 0.29) is 5.91 Å². The highest BCUT2D eigenvalue weighted by atomic mass is 35.5. The van der Waals surface area contributed by atoms with Crippen LogP contribution < -0.4 is 4.74 Å². The number of carbonyl (C=O) groups excluding carboxylic acids is 1. The predicted molar refractivity (Wildman–Crippen MR) is 134 cm³/mol. The fourth-order valence-corrected chi connectivity index (χ4v) is 5.44. The zero-order valence-electron chi connectivity index (χ0n) is 19.7. The summed E-state index contributed by atoms with van der Waals surface area (Å²) in [5.41, 5.74) is 5.26. The fraction of sp³-hybridized carbons (Fsp3) is 0.296. The van der Waals surface area contributed by atoms with Crippen LogP contribution >= 0.6 is 11.6 Å². The second-order valence-electron chi connectivity index (χ2n) is 9.37. The maximum atomic E-state index is 13.6. The maximum absolute atomic E-state index is 13.6. The van der Waals surface area contributed by atoms with Gasteiger partial charge in [-0.2, -0.15) is 10.2 Å². The molecule has 7 nitrogen and oxygen atoms in total. The van der Waals surface area contributed by atoms with E-state index in [4.69, 9.17) is 16.3 Å². The number of fused-ring (bicyclic) bond motifs is 4. The van der Waals surface area contributed by atoms with E-state index in [9.17, 15) is 4.79 Å². The molecule has 0 radical (unpaired) electrons. The van der Waals surface area contributed by atoms with E-state index in [1.54, 1.807) is 4.68 Å². The molecule has 1 spiro atoms. The lowest BCUT2D eigenvalue weighted by molar-refractivity contribution is -0.00205. The number of rotatable bonds is 3. The molecule has 35 heavy (non-hydrogen) atoms. The highest BCUT2D eigenvalue weighted by Crippen LogP contribution is 2.49. The number of aryl methyl sites for hydroxylation is 2. The van der Waals surface area contributed by atoms with Crippen LogP contribution in [0.1, 0.15) is 40.2 Å². The lowest BCUT2D eigenvalue weighted by Crippen LogP contribution is -2.49. The average molecular weight is 488 g/mol. The first-order valence-electron chi connectivity index (χ1n) is 11.8. The van der Waals surface area contributed by atoms with Gasteiger partial charge >= 0.3 is 0 Å². The molecule has 0 N–H and O–H groups in total. The number of ether oxygens (including phenoxy) is 1. The van der Waals surface area contributed by atoms with Crippen molar-refractivity contribution in [2.75, 3.05) is 13.1 Å². The minimum absolute atomic E-state index is 0.00275. The number of likely N-dealkylation sites (tertiary alicyclic amines) is 1. The van der Waals surface area contributed by atoms with Gasteiger partial charge in [0.1, 0.15) is 17.0 Å². The topological polar surface area (TPSA) is 65.2 Å².